The number of allylic oxidation sites excluding steroid dienone is 1. The number of aliphatic hydroxyl groups is 1. The van der Waals surface area contributed by atoms with Crippen molar-refractivity contribution in [3.8, 4) is 0 Å². The first kappa shape index (κ1) is 25.2. The molecular weight excluding hydrogens is 440 g/mol. The summed E-state index contributed by atoms with van der Waals surface area (Å²) in [4.78, 5) is 40.0. The second-order valence-electron chi connectivity index (χ2n) is 14.5. The van der Waals surface area contributed by atoms with E-state index in [1.807, 2.05) is 6.92 Å². The maximum Gasteiger partial charge on any atom is 0.310 e. The standard InChI is InChI=1S/C30H44O5/c1-17-8-13-30(24(33)34)15-14-27(5)18(22(30)29(17,7)35)16-19(31)23-26(4)11-10-21(32)25(2,3)20(26)9-12-28(23,27)6/h16-17,20,22-23,35H,8-15H2,1-7H3,(H,33,34). The highest BCUT2D eigenvalue weighted by Crippen LogP contribution is 2.75. The molecule has 4 saturated carbocycles. The van der Waals surface area contributed by atoms with Crippen molar-refractivity contribution in [2.75, 3.05) is 0 Å². The molecule has 0 spiro atoms. The summed E-state index contributed by atoms with van der Waals surface area (Å²) in [6.07, 6.45) is 7.26. The zero-order valence-corrected chi connectivity index (χ0v) is 22.7. The molecule has 2 N–H and O–H groups in total. The lowest BCUT2D eigenvalue weighted by Crippen LogP contribution is -2.69. The van der Waals surface area contributed by atoms with Gasteiger partial charge in [0.2, 0.25) is 0 Å². The fourth-order valence-electron chi connectivity index (χ4n) is 10.5. The monoisotopic (exact) mass is 484 g/mol. The normalized spacial score (nSPS) is 53.0. The van der Waals surface area contributed by atoms with Crippen molar-refractivity contribution in [2.45, 2.75) is 105 Å². The van der Waals surface area contributed by atoms with Gasteiger partial charge in [-0.05, 0) is 86.0 Å². The Morgan fingerprint density at radius 1 is 0.914 bits per heavy atom. The SMILES string of the molecule is CC1CCC2(C(=O)O)CCC3(C)C(=CC(=O)C4C5(C)CCC(=O)C(C)(C)C5CCC43C)C2C1(C)O. The lowest BCUT2D eigenvalue weighted by atomic mass is 9.33. The molecule has 0 aliphatic heterocycles. The van der Waals surface area contributed by atoms with E-state index in [1.54, 1.807) is 13.0 Å². The van der Waals surface area contributed by atoms with Crippen molar-refractivity contribution in [3.63, 3.8) is 0 Å². The van der Waals surface area contributed by atoms with Crippen LogP contribution in [0.25, 0.3) is 0 Å². The van der Waals surface area contributed by atoms with Crippen LogP contribution in [0.1, 0.15) is 99.8 Å². The molecule has 0 aromatic carbocycles. The van der Waals surface area contributed by atoms with Crippen molar-refractivity contribution in [2.24, 2.45) is 50.7 Å². The van der Waals surface area contributed by atoms with Gasteiger partial charge in [0, 0.05) is 23.7 Å². The van der Waals surface area contributed by atoms with Gasteiger partial charge in [0.05, 0.1) is 11.0 Å². The van der Waals surface area contributed by atoms with Crippen molar-refractivity contribution in [3.05, 3.63) is 11.6 Å². The lowest BCUT2D eigenvalue weighted by molar-refractivity contribution is -0.206. The number of carbonyl (C=O) groups is 3. The van der Waals surface area contributed by atoms with E-state index >= 15 is 0 Å². The predicted molar refractivity (Wildman–Crippen MR) is 133 cm³/mol. The Morgan fingerprint density at radius 3 is 2.20 bits per heavy atom. The van der Waals surface area contributed by atoms with Gasteiger partial charge in [0.1, 0.15) is 5.78 Å². The van der Waals surface area contributed by atoms with Gasteiger partial charge in [0.25, 0.3) is 0 Å². The van der Waals surface area contributed by atoms with Gasteiger partial charge in [0.15, 0.2) is 5.78 Å². The number of fused-ring (bicyclic) bond motifs is 7. The van der Waals surface area contributed by atoms with Gasteiger partial charge in [-0.3, -0.25) is 14.4 Å². The Morgan fingerprint density at radius 2 is 1.57 bits per heavy atom. The summed E-state index contributed by atoms with van der Waals surface area (Å²) in [5.41, 5.74) is -2.73. The van der Waals surface area contributed by atoms with Crippen LogP contribution in [0.4, 0.5) is 0 Å². The number of rotatable bonds is 1. The van der Waals surface area contributed by atoms with Gasteiger partial charge in [-0.1, -0.05) is 47.1 Å². The number of carbonyl (C=O) groups excluding carboxylic acids is 2. The van der Waals surface area contributed by atoms with E-state index in [0.717, 1.165) is 31.3 Å². The molecule has 4 fully saturated rings. The minimum atomic E-state index is -1.19. The minimum Gasteiger partial charge on any atom is -0.481 e. The highest BCUT2D eigenvalue weighted by atomic mass is 16.4. The van der Waals surface area contributed by atoms with Crippen LogP contribution in [0.15, 0.2) is 11.6 Å². The molecule has 0 amide bonds. The van der Waals surface area contributed by atoms with Crippen LogP contribution in [0.3, 0.4) is 0 Å². The van der Waals surface area contributed by atoms with Gasteiger partial charge >= 0.3 is 5.97 Å². The van der Waals surface area contributed by atoms with Crippen LogP contribution in [0, 0.1) is 50.7 Å². The van der Waals surface area contributed by atoms with Crippen molar-refractivity contribution < 1.29 is 24.6 Å². The van der Waals surface area contributed by atoms with Crippen LogP contribution in [-0.2, 0) is 14.4 Å². The molecule has 0 saturated heterocycles. The molecule has 5 rings (SSSR count). The number of ketones is 2. The summed E-state index contributed by atoms with van der Waals surface area (Å²) < 4.78 is 0. The van der Waals surface area contributed by atoms with Crippen LogP contribution in [0.5, 0.6) is 0 Å². The van der Waals surface area contributed by atoms with Crippen LogP contribution in [-0.4, -0.2) is 33.3 Å². The second kappa shape index (κ2) is 7.08. The van der Waals surface area contributed by atoms with E-state index in [-0.39, 0.29) is 39.8 Å². The third kappa shape index (κ3) is 2.77. The zero-order chi connectivity index (χ0) is 26.0. The van der Waals surface area contributed by atoms with Gasteiger partial charge in [-0.15, -0.1) is 0 Å². The molecule has 0 bridgehead atoms. The average molecular weight is 485 g/mol. The third-order valence-corrected chi connectivity index (χ3v) is 13.0. The molecule has 0 heterocycles. The first-order chi connectivity index (χ1) is 16.0. The Kier molecular flexibility index (Phi) is 5.09. The maximum atomic E-state index is 14.2. The smallest absolute Gasteiger partial charge is 0.310 e. The first-order valence-electron chi connectivity index (χ1n) is 13.8. The number of hydrogen-bond acceptors (Lipinski definition) is 4. The lowest BCUT2D eigenvalue weighted by Gasteiger charge is -2.70. The van der Waals surface area contributed by atoms with Gasteiger partial charge < -0.3 is 10.2 Å². The quantitative estimate of drug-likeness (QED) is 0.506. The fourth-order valence-corrected chi connectivity index (χ4v) is 10.5. The maximum absolute atomic E-state index is 14.2. The Labute approximate surface area is 210 Å². The molecule has 5 aliphatic carbocycles. The average Bonchev–Trinajstić information content (AvgIpc) is 2.74. The van der Waals surface area contributed by atoms with Gasteiger partial charge in [-0.25, -0.2) is 0 Å². The molecule has 0 radical (unpaired) electrons. The van der Waals surface area contributed by atoms with Crippen molar-refractivity contribution in [1.29, 1.82) is 0 Å². The molecule has 9 unspecified atom stereocenters. The van der Waals surface area contributed by atoms with E-state index < -0.39 is 28.3 Å². The predicted octanol–water partition coefficient (Wildman–Crippen LogP) is 5.59. The third-order valence-electron chi connectivity index (χ3n) is 13.0. The van der Waals surface area contributed by atoms with Crippen molar-refractivity contribution in [1.82, 2.24) is 0 Å². The van der Waals surface area contributed by atoms with E-state index in [1.165, 1.54) is 0 Å². The fraction of sp³-hybridized carbons (Fsp3) is 0.833. The number of aliphatic carboxylic acids is 1. The van der Waals surface area contributed by atoms with Crippen LogP contribution >= 0.6 is 0 Å². The Bertz CT molecular complexity index is 1040. The van der Waals surface area contributed by atoms with Crippen molar-refractivity contribution >= 4 is 17.5 Å². The number of hydrogen-bond donors (Lipinski definition) is 2. The number of carboxylic acid groups (broad SMARTS) is 1. The summed E-state index contributed by atoms with van der Waals surface area (Å²) in [7, 11) is 0. The van der Waals surface area contributed by atoms with E-state index in [0.29, 0.717) is 31.5 Å². The Balaban J connectivity index is 1.70. The summed E-state index contributed by atoms with van der Waals surface area (Å²) >= 11 is 0. The summed E-state index contributed by atoms with van der Waals surface area (Å²) in [6.45, 7) is 14.7. The molecule has 5 aliphatic rings. The molecule has 0 aromatic heterocycles. The molecule has 5 nitrogen and oxygen atoms in total. The highest BCUT2D eigenvalue weighted by Gasteiger charge is 2.72. The molecule has 0 aromatic rings. The summed E-state index contributed by atoms with van der Waals surface area (Å²) in [5, 5.41) is 22.4. The topological polar surface area (TPSA) is 91.7 Å². The number of Topliss-reactive ketones (excluding diaryl/α,β-unsaturated/α-hetero) is 1. The molecular formula is C30H44O5. The molecule has 35 heavy (non-hydrogen) atoms. The first-order valence-corrected chi connectivity index (χ1v) is 13.8. The second-order valence-corrected chi connectivity index (χ2v) is 14.5. The van der Waals surface area contributed by atoms with E-state index in [9.17, 15) is 24.6 Å². The minimum absolute atomic E-state index is 0.0396. The molecule has 5 heteroatoms. The van der Waals surface area contributed by atoms with E-state index in [2.05, 4.69) is 34.6 Å². The molecule has 194 valence electrons. The largest absolute Gasteiger partial charge is 0.481 e. The zero-order valence-electron chi connectivity index (χ0n) is 22.7. The van der Waals surface area contributed by atoms with Crippen LogP contribution < -0.4 is 0 Å². The van der Waals surface area contributed by atoms with Crippen LogP contribution in [0.2, 0.25) is 0 Å². The number of carboxylic acids is 1. The molecule has 9 atom stereocenters. The van der Waals surface area contributed by atoms with E-state index in [4.69, 9.17) is 0 Å². The highest BCUT2D eigenvalue weighted by molar-refractivity contribution is 5.96. The summed E-state index contributed by atoms with van der Waals surface area (Å²) in [5.74, 6) is -1.07. The summed E-state index contributed by atoms with van der Waals surface area (Å²) in [6, 6.07) is 0. The van der Waals surface area contributed by atoms with Gasteiger partial charge in [-0.2, -0.15) is 0 Å². The Hall–Kier alpha value is -1.49.